The average molecular weight is 241 g/mol. The summed E-state index contributed by atoms with van der Waals surface area (Å²) in [6, 6.07) is 0. The molecule has 0 unspecified atom stereocenters. The molecule has 0 aliphatic heterocycles. The molecule has 1 heterocycles. The van der Waals surface area contributed by atoms with Gasteiger partial charge in [-0.25, -0.2) is 9.78 Å². The molecule has 2 amide bonds. The van der Waals surface area contributed by atoms with Gasteiger partial charge in [-0.3, -0.25) is 14.9 Å². The molecule has 16 heavy (non-hydrogen) atoms. The lowest BCUT2D eigenvalue weighted by molar-refractivity contribution is -0.131. The topological polar surface area (TPSA) is 122 Å². The van der Waals surface area contributed by atoms with Crippen LogP contribution in [0.4, 0.5) is 5.13 Å². The maximum absolute atomic E-state index is 11.1. The molecule has 0 saturated carbocycles. The average Bonchev–Trinajstić information content (AvgIpc) is 2.63. The third-order valence-electron chi connectivity index (χ3n) is 1.36. The predicted octanol–water partition coefficient (Wildman–Crippen LogP) is -0.179. The van der Waals surface area contributed by atoms with Gasteiger partial charge in [-0.05, 0) is 0 Å². The molecule has 1 rings (SSSR count). The maximum Gasteiger partial charge on any atom is 0.328 e. The van der Waals surface area contributed by atoms with E-state index in [1.165, 1.54) is 5.38 Å². The van der Waals surface area contributed by atoms with Gasteiger partial charge >= 0.3 is 5.97 Å². The number of primary amides is 1. The van der Waals surface area contributed by atoms with E-state index in [-0.39, 0.29) is 10.8 Å². The number of carbonyl (C=O) groups excluding carboxylic acids is 2. The molecular formula is C8H7N3O4S. The molecule has 0 aliphatic carbocycles. The van der Waals surface area contributed by atoms with E-state index in [1.807, 2.05) is 0 Å². The molecule has 0 aliphatic rings. The zero-order valence-corrected chi connectivity index (χ0v) is 8.65. The first-order valence-corrected chi connectivity index (χ1v) is 4.84. The number of nitrogens with two attached hydrogens (primary N) is 1. The Balaban J connectivity index is 2.63. The molecule has 0 atom stereocenters. The fourth-order valence-corrected chi connectivity index (χ4v) is 1.44. The first-order valence-electron chi connectivity index (χ1n) is 3.96. The van der Waals surface area contributed by atoms with Crippen LogP contribution in [0, 0.1) is 0 Å². The van der Waals surface area contributed by atoms with E-state index in [2.05, 4.69) is 10.3 Å². The largest absolute Gasteiger partial charge is 0.478 e. The Bertz CT molecular complexity index is 466. The summed E-state index contributed by atoms with van der Waals surface area (Å²) in [7, 11) is 0. The van der Waals surface area contributed by atoms with E-state index >= 15 is 0 Å². The lowest BCUT2D eigenvalue weighted by Gasteiger charge is -1.94. The predicted molar refractivity (Wildman–Crippen MR) is 56.0 cm³/mol. The Kier molecular flexibility index (Phi) is 3.72. The molecule has 0 spiro atoms. The van der Waals surface area contributed by atoms with Crippen LogP contribution in [0.2, 0.25) is 0 Å². The molecule has 1 aromatic rings. The van der Waals surface area contributed by atoms with Crippen LogP contribution in [0.3, 0.4) is 0 Å². The van der Waals surface area contributed by atoms with E-state index in [0.717, 1.165) is 17.4 Å². The van der Waals surface area contributed by atoms with Crippen molar-refractivity contribution in [2.24, 2.45) is 5.73 Å². The van der Waals surface area contributed by atoms with Gasteiger partial charge in [0.05, 0.1) is 0 Å². The minimum absolute atomic E-state index is 0.0440. The SMILES string of the molecule is NC(=O)c1csc(NC(=O)/C=C/C(=O)O)n1. The highest BCUT2D eigenvalue weighted by Gasteiger charge is 2.08. The van der Waals surface area contributed by atoms with Crippen molar-refractivity contribution in [1.82, 2.24) is 4.98 Å². The number of thiazole rings is 1. The third-order valence-corrected chi connectivity index (χ3v) is 2.12. The molecule has 7 nitrogen and oxygen atoms in total. The third kappa shape index (κ3) is 3.50. The van der Waals surface area contributed by atoms with E-state index in [1.54, 1.807) is 0 Å². The number of carboxylic acids is 1. The van der Waals surface area contributed by atoms with E-state index in [9.17, 15) is 14.4 Å². The van der Waals surface area contributed by atoms with Gasteiger partial charge in [0, 0.05) is 17.5 Å². The van der Waals surface area contributed by atoms with Crippen molar-refractivity contribution in [3.05, 3.63) is 23.2 Å². The number of rotatable bonds is 4. The zero-order valence-electron chi connectivity index (χ0n) is 7.84. The highest BCUT2D eigenvalue weighted by molar-refractivity contribution is 7.14. The summed E-state index contributed by atoms with van der Waals surface area (Å²) in [4.78, 5) is 35.6. The molecule has 0 saturated heterocycles. The molecule has 0 bridgehead atoms. The second kappa shape index (κ2) is 5.03. The van der Waals surface area contributed by atoms with Gasteiger partial charge < -0.3 is 10.8 Å². The first kappa shape index (κ1) is 11.9. The van der Waals surface area contributed by atoms with Gasteiger partial charge in [-0.15, -0.1) is 11.3 Å². The van der Waals surface area contributed by atoms with E-state index < -0.39 is 17.8 Å². The number of carbonyl (C=O) groups is 3. The van der Waals surface area contributed by atoms with Gasteiger partial charge in [0.25, 0.3) is 5.91 Å². The Morgan fingerprint density at radius 1 is 1.44 bits per heavy atom. The summed E-state index contributed by atoms with van der Waals surface area (Å²) in [6.07, 6.45) is 1.53. The van der Waals surface area contributed by atoms with Gasteiger partial charge in [0.2, 0.25) is 5.91 Å². The van der Waals surface area contributed by atoms with Crippen molar-refractivity contribution in [2.75, 3.05) is 5.32 Å². The minimum Gasteiger partial charge on any atom is -0.478 e. The number of anilines is 1. The molecule has 4 N–H and O–H groups in total. The van der Waals surface area contributed by atoms with Crippen LogP contribution in [-0.2, 0) is 9.59 Å². The lowest BCUT2D eigenvalue weighted by Crippen LogP contribution is -2.12. The quantitative estimate of drug-likeness (QED) is 0.631. The fourth-order valence-electron chi connectivity index (χ4n) is 0.738. The summed E-state index contributed by atoms with van der Waals surface area (Å²) in [5.74, 6) is -2.57. The normalized spacial score (nSPS) is 10.2. The zero-order chi connectivity index (χ0) is 12.1. The van der Waals surface area contributed by atoms with Gasteiger partial charge in [-0.1, -0.05) is 0 Å². The number of amides is 2. The van der Waals surface area contributed by atoms with Crippen LogP contribution >= 0.6 is 11.3 Å². The number of hydrogen-bond acceptors (Lipinski definition) is 5. The van der Waals surface area contributed by atoms with Gasteiger partial charge in [0.15, 0.2) is 5.13 Å². The summed E-state index contributed by atoms with van der Waals surface area (Å²) in [5.41, 5.74) is 5.00. The Hall–Kier alpha value is -2.22. The lowest BCUT2D eigenvalue weighted by atomic mass is 10.5. The second-order valence-corrected chi connectivity index (χ2v) is 3.42. The van der Waals surface area contributed by atoms with Crippen molar-refractivity contribution < 1.29 is 19.5 Å². The fraction of sp³-hybridized carbons (Fsp3) is 0. The summed E-state index contributed by atoms with van der Waals surface area (Å²) in [6.45, 7) is 0. The summed E-state index contributed by atoms with van der Waals surface area (Å²) >= 11 is 1.02. The van der Waals surface area contributed by atoms with Crippen molar-refractivity contribution in [2.45, 2.75) is 0 Å². The number of carboxylic acid groups (broad SMARTS) is 1. The van der Waals surface area contributed by atoms with Crippen molar-refractivity contribution in [3.8, 4) is 0 Å². The smallest absolute Gasteiger partial charge is 0.328 e. The number of hydrogen-bond donors (Lipinski definition) is 3. The van der Waals surface area contributed by atoms with Crippen LogP contribution < -0.4 is 11.1 Å². The standard InChI is InChI=1S/C8H7N3O4S/c9-7(15)4-3-16-8(10-4)11-5(12)1-2-6(13)14/h1-3H,(H2,9,15)(H,13,14)(H,10,11,12)/b2-1+. The highest BCUT2D eigenvalue weighted by Crippen LogP contribution is 2.14. The molecular weight excluding hydrogens is 234 g/mol. The molecule has 1 aromatic heterocycles. The highest BCUT2D eigenvalue weighted by atomic mass is 32.1. The maximum atomic E-state index is 11.1. The molecule has 0 radical (unpaired) electrons. The van der Waals surface area contributed by atoms with Crippen molar-refractivity contribution in [1.29, 1.82) is 0 Å². The van der Waals surface area contributed by atoms with Crippen LogP contribution in [-0.4, -0.2) is 27.9 Å². The van der Waals surface area contributed by atoms with Crippen molar-refractivity contribution >= 4 is 34.3 Å². The Labute approximate surface area is 93.6 Å². The summed E-state index contributed by atoms with van der Waals surface area (Å²) < 4.78 is 0. The molecule has 0 fully saturated rings. The molecule has 8 heteroatoms. The number of aromatic nitrogens is 1. The first-order chi connectivity index (χ1) is 7.49. The number of nitrogens with zero attached hydrogens (tertiary/aromatic N) is 1. The van der Waals surface area contributed by atoms with Crippen LogP contribution in [0.15, 0.2) is 17.5 Å². The Morgan fingerprint density at radius 3 is 2.62 bits per heavy atom. The Morgan fingerprint density at radius 2 is 2.12 bits per heavy atom. The number of aliphatic carboxylic acids is 1. The van der Waals surface area contributed by atoms with Gasteiger partial charge in [0.1, 0.15) is 5.69 Å². The van der Waals surface area contributed by atoms with Gasteiger partial charge in [-0.2, -0.15) is 0 Å². The van der Waals surface area contributed by atoms with Crippen molar-refractivity contribution in [3.63, 3.8) is 0 Å². The minimum atomic E-state index is -1.23. The second-order valence-electron chi connectivity index (χ2n) is 2.56. The van der Waals surface area contributed by atoms with E-state index in [0.29, 0.717) is 6.08 Å². The van der Waals surface area contributed by atoms with Crippen LogP contribution in [0.25, 0.3) is 0 Å². The monoisotopic (exact) mass is 241 g/mol. The molecule has 0 aromatic carbocycles. The van der Waals surface area contributed by atoms with E-state index in [4.69, 9.17) is 10.8 Å². The number of nitrogens with one attached hydrogen (secondary N) is 1. The molecule has 84 valence electrons. The van der Waals surface area contributed by atoms with Crippen LogP contribution in [0.5, 0.6) is 0 Å². The van der Waals surface area contributed by atoms with Crippen LogP contribution in [0.1, 0.15) is 10.5 Å². The summed E-state index contributed by atoms with van der Waals surface area (Å²) in [5, 5.41) is 12.1.